The molecule has 0 saturated heterocycles. The van der Waals surface area contributed by atoms with Crippen molar-refractivity contribution in [3.63, 3.8) is 0 Å². The summed E-state index contributed by atoms with van der Waals surface area (Å²) >= 11 is 0. The first kappa shape index (κ1) is 31.2. The van der Waals surface area contributed by atoms with Gasteiger partial charge in [0.05, 0.1) is 46.4 Å². The Kier molecular flexibility index (Phi) is 8.12. The molecule has 1 aromatic heterocycles. The molecule has 0 bridgehead atoms. The Balaban J connectivity index is 1.91. The highest BCUT2D eigenvalue weighted by Gasteiger charge is 2.45. The summed E-state index contributed by atoms with van der Waals surface area (Å²) in [5, 5.41) is 24.1. The van der Waals surface area contributed by atoms with E-state index in [0.29, 0.717) is 50.6 Å². The van der Waals surface area contributed by atoms with Gasteiger partial charge in [-0.2, -0.15) is 10.5 Å². The largest absolute Gasteiger partial charge is 0.465 e. The third kappa shape index (κ3) is 5.84. The molecule has 0 fully saturated rings. The molecule has 4 aromatic rings. The number of benzene rings is 3. The lowest BCUT2D eigenvalue weighted by atomic mass is 9.81. The summed E-state index contributed by atoms with van der Waals surface area (Å²) in [7, 11) is 0. The normalized spacial score (nSPS) is 14.8. The SMILES string of the molecule is CCOC(=O)C1=C(NC(C)(C)CC(C)(C)C)Oc2c(c3nc4cc(C#N)c(C#N)cc4nc3c3ccccc23)C1C(=O)OCC. The van der Waals surface area contributed by atoms with Crippen LogP contribution in [-0.4, -0.2) is 40.7 Å². The van der Waals surface area contributed by atoms with Gasteiger partial charge < -0.3 is 19.5 Å². The van der Waals surface area contributed by atoms with Gasteiger partial charge in [-0.25, -0.2) is 14.8 Å². The van der Waals surface area contributed by atoms with Gasteiger partial charge in [0, 0.05) is 21.9 Å². The third-order valence-electron chi connectivity index (χ3n) is 7.44. The second-order valence-corrected chi connectivity index (χ2v) is 12.8. The first-order chi connectivity index (χ1) is 21.3. The van der Waals surface area contributed by atoms with Crippen LogP contribution in [0.15, 0.2) is 47.9 Å². The molecule has 0 saturated carbocycles. The van der Waals surface area contributed by atoms with Gasteiger partial charge in [0.1, 0.15) is 29.4 Å². The van der Waals surface area contributed by atoms with Gasteiger partial charge in [-0.3, -0.25) is 4.79 Å². The van der Waals surface area contributed by atoms with Crippen molar-refractivity contribution >= 4 is 44.8 Å². The third-order valence-corrected chi connectivity index (χ3v) is 7.44. The number of carbonyl (C=O) groups excluding carboxylic acids is 2. The van der Waals surface area contributed by atoms with Crippen molar-refractivity contribution in [2.24, 2.45) is 5.41 Å². The van der Waals surface area contributed by atoms with E-state index in [-0.39, 0.29) is 41.2 Å². The number of rotatable bonds is 7. The highest BCUT2D eigenvalue weighted by Crippen LogP contribution is 2.48. The first-order valence-corrected chi connectivity index (χ1v) is 14.9. The number of nitriles is 2. The number of hydrogen-bond acceptors (Lipinski definition) is 10. The lowest BCUT2D eigenvalue weighted by molar-refractivity contribution is -0.148. The van der Waals surface area contributed by atoms with E-state index in [0.717, 1.165) is 0 Å². The van der Waals surface area contributed by atoms with E-state index < -0.39 is 23.4 Å². The Bertz CT molecular complexity index is 1990. The summed E-state index contributed by atoms with van der Waals surface area (Å²) in [6.45, 7) is 13.9. The van der Waals surface area contributed by atoms with Crippen molar-refractivity contribution in [3.05, 3.63) is 64.5 Å². The Labute approximate surface area is 261 Å². The molecule has 1 aliphatic rings. The number of carbonyl (C=O) groups is 2. The molecule has 230 valence electrons. The minimum Gasteiger partial charge on any atom is -0.465 e. The number of aromatic nitrogens is 2. The second kappa shape index (κ2) is 11.7. The topological polar surface area (TPSA) is 147 Å². The molecule has 10 heteroatoms. The summed E-state index contributed by atoms with van der Waals surface area (Å²) in [4.78, 5) is 37.5. The van der Waals surface area contributed by atoms with Crippen molar-refractivity contribution in [1.29, 1.82) is 10.5 Å². The number of hydrogen-bond donors (Lipinski definition) is 1. The molecule has 10 nitrogen and oxygen atoms in total. The summed E-state index contributed by atoms with van der Waals surface area (Å²) in [5.74, 6) is -2.23. The molecule has 1 N–H and O–H groups in total. The number of nitrogens with one attached hydrogen (secondary N) is 1. The minimum atomic E-state index is -1.27. The molecule has 0 amide bonds. The fourth-order valence-electron chi connectivity index (χ4n) is 6.26. The zero-order chi connectivity index (χ0) is 32.7. The molecule has 2 heterocycles. The van der Waals surface area contributed by atoms with Crippen LogP contribution in [0.4, 0.5) is 0 Å². The Morgan fingerprint density at radius 1 is 0.911 bits per heavy atom. The van der Waals surface area contributed by atoms with Gasteiger partial charge in [-0.15, -0.1) is 0 Å². The smallest absolute Gasteiger partial charge is 0.340 e. The number of nitrogens with zero attached hydrogens (tertiary/aromatic N) is 4. The number of ether oxygens (including phenoxy) is 3. The lowest BCUT2D eigenvalue weighted by Gasteiger charge is -2.37. The van der Waals surface area contributed by atoms with Crippen LogP contribution in [0, 0.1) is 28.1 Å². The molecule has 5 rings (SSSR count). The Morgan fingerprint density at radius 3 is 2.04 bits per heavy atom. The minimum absolute atomic E-state index is 0.0270. The van der Waals surface area contributed by atoms with Gasteiger partial charge in [-0.1, -0.05) is 45.0 Å². The molecule has 1 unspecified atom stereocenters. The molecule has 0 aliphatic carbocycles. The van der Waals surface area contributed by atoms with Crippen molar-refractivity contribution < 1.29 is 23.8 Å². The predicted octanol–water partition coefficient (Wildman–Crippen LogP) is 6.30. The van der Waals surface area contributed by atoms with E-state index in [1.807, 2.05) is 50.3 Å². The van der Waals surface area contributed by atoms with E-state index in [2.05, 4.69) is 26.1 Å². The molecule has 0 spiro atoms. The van der Waals surface area contributed by atoms with Crippen LogP contribution < -0.4 is 10.1 Å². The quantitative estimate of drug-likeness (QED) is 0.145. The average molecular weight is 606 g/mol. The fourth-order valence-corrected chi connectivity index (χ4v) is 6.26. The summed E-state index contributed by atoms with van der Waals surface area (Å²) < 4.78 is 17.7. The van der Waals surface area contributed by atoms with E-state index in [1.54, 1.807) is 13.8 Å². The number of fused-ring (bicyclic) bond motifs is 7. The zero-order valence-electron chi connectivity index (χ0n) is 26.5. The van der Waals surface area contributed by atoms with Crippen LogP contribution in [0.3, 0.4) is 0 Å². The van der Waals surface area contributed by atoms with Crippen LogP contribution >= 0.6 is 0 Å². The lowest BCUT2D eigenvalue weighted by Crippen LogP contribution is -2.45. The molecular weight excluding hydrogens is 570 g/mol. The molecule has 1 atom stereocenters. The van der Waals surface area contributed by atoms with Crippen molar-refractivity contribution in [3.8, 4) is 17.9 Å². The van der Waals surface area contributed by atoms with Crippen molar-refractivity contribution in [2.45, 2.75) is 66.3 Å². The van der Waals surface area contributed by atoms with Crippen LogP contribution in [0.1, 0.15) is 77.5 Å². The van der Waals surface area contributed by atoms with Crippen LogP contribution in [0.2, 0.25) is 0 Å². The van der Waals surface area contributed by atoms with E-state index in [4.69, 9.17) is 24.2 Å². The Morgan fingerprint density at radius 2 is 1.49 bits per heavy atom. The fraction of sp³-hybridized carbons (Fsp3) is 0.371. The molecular formula is C35H35N5O5. The second-order valence-electron chi connectivity index (χ2n) is 12.8. The van der Waals surface area contributed by atoms with Gasteiger partial charge in [-0.05, 0) is 51.7 Å². The molecule has 3 aromatic carbocycles. The molecule has 1 aliphatic heterocycles. The van der Waals surface area contributed by atoms with Crippen molar-refractivity contribution in [2.75, 3.05) is 13.2 Å². The highest BCUT2D eigenvalue weighted by atomic mass is 16.5. The van der Waals surface area contributed by atoms with Gasteiger partial charge >= 0.3 is 11.9 Å². The van der Waals surface area contributed by atoms with Crippen LogP contribution in [0.25, 0.3) is 32.8 Å². The van der Waals surface area contributed by atoms with E-state index in [9.17, 15) is 20.1 Å². The van der Waals surface area contributed by atoms with E-state index in [1.165, 1.54) is 12.1 Å². The maximum Gasteiger partial charge on any atom is 0.340 e. The standard InChI is InChI=1S/C35H35N5O5/c1-8-43-32(41)25-26-29-28(38-23-14-19(16-36)20(17-37)15-24(23)39-29)21-12-10-11-13-22(21)30(26)45-31(27(25)33(42)44-9-2)40-35(6,7)18-34(3,4)5/h10-15,25,40H,8-9,18H2,1-7H3. The van der Waals surface area contributed by atoms with Crippen molar-refractivity contribution in [1.82, 2.24) is 15.3 Å². The van der Waals surface area contributed by atoms with Gasteiger partial charge in [0.15, 0.2) is 0 Å². The average Bonchev–Trinajstić information content (AvgIpc) is 2.97. The summed E-state index contributed by atoms with van der Waals surface area (Å²) in [6.07, 6.45) is 0.710. The Hall–Kier alpha value is -5.22. The molecule has 45 heavy (non-hydrogen) atoms. The highest BCUT2D eigenvalue weighted by molar-refractivity contribution is 6.14. The maximum absolute atomic E-state index is 14.0. The van der Waals surface area contributed by atoms with Gasteiger partial charge in [0.25, 0.3) is 0 Å². The van der Waals surface area contributed by atoms with Crippen LogP contribution in [0.5, 0.6) is 5.75 Å². The maximum atomic E-state index is 14.0. The van der Waals surface area contributed by atoms with E-state index >= 15 is 0 Å². The summed E-state index contributed by atoms with van der Waals surface area (Å²) in [6, 6.07) is 14.5. The zero-order valence-corrected chi connectivity index (χ0v) is 26.5. The van der Waals surface area contributed by atoms with Gasteiger partial charge in [0.2, 0.25) is 5.88 Å². The summed E-state index contributed by atoms with van der Waals surface area (Å²) in [5.41, 5.74) is 1.46. The predicted molar refractivity (Wildman–Crippen MR) is 169 cm³/mol. The monoisotopic (exact) mass is 605 g/mol. The molecule has 0 radical (unpaired) electrons. The van der Waals surface area contributed by atoms with Crippen LogP contribution in [-0.2, 0) is 19.1 Å². The number of esters is 2. The first-order valence-electron chi connectivity index (χ1n) is 14.9.